The van der Waals surface area contributed by atoms with Gasteiger partial charge in [-0.1, -0.05) is 6.92 Å². The van der Waals surface area contributed by atoms with Crippen LogP contribution in [-0.2, 0) is 6.42 Å². The second-order valence-corrected chi connectivity index (χ2v) is 4.82. The maximum absolute atomic E-state index is 5.94. The van der Waals surface area contributed by atoms with Crippen LogP contribution in [0, 0.1) is 0 Å². The molecule has 0 spiro atoms. The third-order valence-electron chi connectivity index (χ3n) is 2.66. The maximum Gasteiger partial charge on any atom is 0.205 e. The highest BCUT2D eigenvalue weighted by Crippen LogP contribution is 2.21. The summed E-state index contributed by atoms with van der Waals surface area (Å²) in [6, 6.07) is 0.303. The van der Waals surface area contributed by atoms with Crippen LogP contribution in [0.3, 0.4) is 0 Å². The molecule has 5 heteroatoms. The molecule has 4 nitrogen and oxygen atoms in total. The van der Waals surface area contributed by atoms with Crippen molar-refractivity contribution in [1.82, 2.24) is 9.36 Å². The van der Waals surface area contributed by atoms with Crippen LogP contribution < -0.4 is 10.6 Å². The van der Waals surface area contributed by atoms with Crippen molar-refractivity contribution in [2.75, 3.05) is 18.0 Å². The van der Waals surface area contributed by atoms with E-state index in [9.17, 15) is 0 Å². The minimum atomic E-state index is 0.303. The minimum absolute atomic E-state index is 0.303. The Morgan fingerprint density at radius 1 is 1.60 bits per heavy atom. The SMILES string of the molecule is CCCc1nsc(N2CCC[C@@H](N)C2)n1. The quantitative estimate of drug-likeness (QED) is 0.847. The van der Waals surface area contributed by atoms with Crippen LogP contribution in [-0.4, -0.2) is 28.5 Å². The lowest BCUT2D eigenvalue weighted by molar-refractivity contribution is 0.505. The van der Waals surface area contributed by atoms with Gasteiger partial charge in [0.1, 0.15) is 5.82 Å². The molecule has 1 aromatic heterocycles. The van der Waals surface area contributed by atoms with Gasteiger partial charge in [0.15, 0.2) is 0 Å². The van der Waals surface area contributed by atoms with Crippen LogP contribution in [0.2, 0.25) is 0 Å². The monoisotopic (exact) mass is 226 g/mol. The zero-order valence-electron chi connectivity index (χ0n) is 9.15. The van der Waals surface area contributed by atoms with E-state index in [2.05, 4.69) is 21.2 Å². The Labute approximate surface area is 94.7 Å². The van der Waals surface area contributed by atoms with Crippen molar-refractivity contribution in [1.29, 1.82) is 0 Å². The molecular formula is C10H18N4S. The number of hydrogen-bond donors (Lipinski definition) is 1. The number of nitrogens with two attached hydrogens (primary N) is 1. The predicted octanol–water partition coefficient (Wildman–Crippen LogP) is 1.42. The molecule has 1 saturated heterocycles. The van der Waals surface area contributed by atoms with Crippen LogP contribution in [0.5, 0.6) is 0 Å². The minimum Gasteiger partial charge on any atom is -0.345 e. The van der Waals surface area contributed by atoms with E-state index in [1.807, 2.05) is 0 Å². The largest absolute Gasteiger partial charge is 0.345 e. The molecule has 2 N–H and O–H groups in total. The van der Waals surface area contributed by atoms with Crippen molar-refractivity contribution in [3.05, 3.63) is 5.82 Å². The second-order valence-electron chi connectivity index (χ2n) is 4.09. The number of anilines is 1. The summed E-state index contributed by atoms with van der Waals surface area (Å²) in [6.45, 7) is 4.16. The van der Waals surface area contributed by atoms with Gasteiger partial charge in [-0.2, -0.15) is 4.37 Å². The topological polar surface area (TPSA) is 55.0 Å². The summed E-state index contributed by atoms with van der Waals surface area (Å²) in [7, 11) is 0. The van der Waals surface area contributed by atoms with E-state index >= 15 is 0 Å². The Balaban J connectivity index is 2.01. The van der Waals surface area contributed by atoms with Gasteiger partial charge in [0.05, 0.1) is 0 Å². The van der Waals surface area contributed by atoms with E-state index in [1.165, 1.54) is 18.0 Å². The van der Waals surface area contributed by atoms with Crippen LogP contribution in [0.15, 0.2) is 0 Å². The summed E-state index contributed by atoms with van der Waals surface area (Å²) in [5.74, 6) is 0.983. The number of nitrogens with zero attached hydrogens (tertiary/aromatic N) is 3. The summed E-state index contributed by atoms with van der Waals surface area (Å²) in [6.07, 6.45) is 4.40. The van der Waals surface area contributed by atoms with E-state index in [0.717, 1.165) is 43.3 Å². The van der Waals surface area contributed by atoms with Crippen molar-refractivity contribution >= 4 is 16.7 Å². The van der Waals surface area contributed by atoms with E-state index in [4.69, 9.17) is 5.73 Å². The Morgan fingerprint density at radius 3 is 3.20 bits per heavy atom. The zero-order valence-corrected chi connectivity index (χ0v) is 9.96. The van der Waals surface area contributed by atoms with Crippen molar-refractivity contribution in [3.8, 4) is 0 Å². The van der Waals surface area contributed by atoms with Gasteiger partial charge in [-0.05, 0) is 19.3 Å². The molecule has 0 aliphatic carbocycles. The van der Waals surface area contributed by atoms with Crippen LogP contribution in [0.25, 0.3) is 0 Å². The van der Waals surface area contributed by atoms with E-state index in [-0.39, 0.29) is 0 Å². The molecule has 0 amide bonds. The van der Waals surface area contributed by atoms with Crippen molar-refractivity contribution in [2.24, 2.45) is 5.73 Å². The standard InChI is InChI=1S/C10H18N4S/c1-2-4-9-12-10(15-13-9)14-6-3-5-8(11)7-14/h8H,2-7,11H2,1H3/t8-/m1/s1. The molecule has 1 fully saturated rings. The highest BCUT2D eigenvalue weighted by molar-refractivity contribution is 7.09. The molecular weight excluding hydrogens is 208 g/mol. The summed E-state index contributed by atoms with van der Waals surface area (Å²) < 4.78 is 4.35. The Hall–Kier alpha value is -0.680. The molecule has 0 unspecified atom stereocenters. The summed E-state index contributed by atoms with van der Waals surface area (Å²) in [5.41, 5.74) is 5.94. The zero-order chi connectivity index (χ0) is 10.7. The van der Waals surface area contributed by atoms with Gasteiger partial charge in [0, 0.05) is 37.1 Å². The Morgan fingerprint density at radius 2 is 2.47 bits per heavy atom. The van der Waals surface area contributed by atoms with Gasteiger partial charge in [-0.15, -0.1) is 0 Å². The summed E-state index contributed by atoms with van der Waals surface area (Å²) in [4.78, 5) is 6.80. The number of aryl methyl sites for hydroxylation is 1. The van der Waals surface area contributed by atoms with E-state index in [0.29, 0.717) is 6.04 Å². The fourth-order valence-electron chi connectivity index (χ4n) is 1.88. The lowest BCUT2D eigenvalue weighted by atomic mass is 10.1. The maximum atomic E-state index is 5.94. The molecule has 2 heterocycles. The highest BCUT2D eigenvalue weighted by atomic mass is 32.1. The summed E-state index contributed by atoms with van der Waals surface area (Å²) >= 11 is 1.51. The normalized spacial score (nSPS) is 22.0. The summed E-state index contributed by atoms with van der Waals surface area (Å²) in [5, 5.41) is 1.05. The lowest BCUT2D eigenvalue weighted by Crippen LogP contribution is -2.42. The van der Waals surface area contributed by atoms with Crippen molar-refractivity contribution in [3.63, 3.8) is 0 Å². The van der Waals surface area contributed by atoms with Gasteiger partial charge >= 0.3 is 0 Å². The van der Waals surface area contributed by atoms with Crippen molar-refractivity contribution in [2.45, 2.75) is 38.6 Å². The first-order chi connectivity index (χ1) is 7.29. The van der Waals surface area contributed by atoms with Gasteiger partial charge in [-0.3, -0.25) is 0 Å². The van der Waals surface area contributed by atoms with Crippen molar-refractivity contribution < 1.29 is 0 Å². The fourth-order valence-corrected chi connectivity index (χ4v) is 2.63. The molecule has 1 aliphatic heterocycles. The fraction of sp³-hybridized carbons (Fsp3) is 0.800. The molecule has 84 valence electrons. The first-order valence-electron chi connectivity index (χ1n) is 5.62. The third kappa shape index (κ3) is 2.66. The molecule has 1 aliphatic rings. The molecule has 2 rings (SSSR count). The average Bonchev–Trinajstić information content (AvgIpc) is 2.67. The number of rotatable bonds is 3. The highest BCUT2D eigenvalue weighted by Gasteiger charge is 2.19. The molecule has 1 aromatic rings. The van der Waals surface area contributed by atoms with Crippen LogP contribution in [0.1, 0.15) is 32.0 Å². The molecule has 0 radical (unpaired) electrons. The number of aromatic nitrogens is 2. The predicted molar refractivity (Wildman–Crippen MR) is 63.3 cm³/mol. The molecule has 0 saturated carbocycles. The van der Waals surface area contributed by atoms with Gasteiger partial charge in [-0.25, -0.2) is 4.98 Å². The number of piperidine rings is 1. The van der Waals surface area contributed by atoms with E-state index < -0.39 is 0 Å². The first kappa shape index (κ1) is 10.8. The average molecular weight is 226 g/mol. The second kappa shape index (κ2) is 4.90. The molecule has 15 heavy (non-hydrogen) atoms. The molecule has 0 aromatic carbocycles. The van der Waals surface area contributed by atoms with Crippen LogP contribution in [0.4, 0.5) is 5.13 Å². The Bertz CT molecular complexity index is 312. The van der Waals surface area contributed by atoms with Gasteiger partial charge < -0.3 is 10.6 Å². The first-order valence-corrected chi connectivity index (χ1v) is 6.40. The smallest absolute Gasteiger partial charge is 0.205 e. The molecule has 1 atom stereocenters. The van der Waals surface area contributed by atoms with Crippen LogP contribution >= 0.6 is 11.5 Å². The third-order valence-corrected chi connectivity index (χ3v) is 3.47. The molecule has 0 bridgehead atoms. The van der Waals surface area contributed by atoms with Gasteiger partial charge in [0.2, 0.25) is 5.13 Å². The lowest BCUT2D eigenvalue weighted by Gasteiger charge is -2.29. The van der Waals surface area contributed by atoms with Gasteiger partial charge in [0.25, 0.3) is 0 Å². The van der Waals surface area contributed by atoms with E-state index in [1.54, 1.807) is 0 Å². The number of hydrogen-bond acceptors (Lipinski definition) is 5. The Kier molecular flexibility index (Phi) is 3.53.